The number of halogens is 1. The molecule has 1 aromatic heterocycles. The Morgan fingerprint density at radius 3 is 2.52 bits per heavy atom. The van der Waals surface area contributed by atoms with Crippen molar-refractivity contribution in [3.8, 4) is 0 Å². The molecule has 2 rings (SSSR count). The number of guanidine groups is 1. The summed E-state index contributed by atoms with van der Waals surface area (Å²) in [6.45, 7) is 9.64. The van der Waals surface area contributed by atoms with Gasteiger partial charge in [0.15, 0.2) is 11.7 Å². The summed E-state index contributed by atoms with van der Waals surface area (Å²) >= 11 is 0. The standard InChI is InChI=1S/C20H31N5O.HI/c1-6-25(5)14-17-9-7-8-16(10-17)12-22-20(21-4)23-13-18-11-19(15(2)3)24-26-18;/h7-11,15H,6,12-14H2,1-5H3,(H2,21,22,23);1H. The van der Waals surface area contributed by atoms with E-state index in [9.17, 15) is 0 Å². The van der Waals surface area contributed by atoms with E-state index in [4.69, 9.17) is 4.52 Å². The molecule has 1 aromatic carbocycles. The second kappa shape index (κ2) is 12.0. The summed E-state index contributed by atoms with van der Waals surface area (Å²) in [6.07, 6.45) is 0. The van der Waals surface area contributed by atoms with E-state index in [1.165, 1.54) is 11.1 Å². The molecule has 2 N–H and O–H groups in total. The van der Waals surface area contributed by atoms with Crippen molar-refractivity contribution in [3.63, 3.8) is 0 Å². The largest absolute Gasteiger partial charge is 0.359 e. The summed E-state index contributed by atoms with van der Waals surface area (Å²) in [6, 6.07) is 10.6. The van der Waals surface area contributed by atoms with Gasteiger partial charge in [-0.2, -0.15) is 0 Å². The third-order valence-electron chi connectivity index (χ3n) is 4.27. The maximum Gasteiger partial charge on any atom is 0.191 e. The Morgan fingerprint density at radius 1 is 1.19 bits per heavy atom. The molecular weight excluding hydrogens is 453 g/mol. The van der Waals surface area contributed by atoms with Crippen molar-refractivity contribution in [3.05, 3.63) is 52.9 Å². The lowest BCUT2D eigenvalue weighted by molar-refractivity contribution is 0.345. The molecule has 0 aliphatic rings. The Balaban J connectivity index is 0.00000364. The molecule has 0 fully saturated rings. The van der Waals surface area contributed by atoms with E-state index in [2.05, 4.69) is 77.8 Å². The molecule has 0 amide bonds. The lowest BCUT2D eigenvalue weighted by atomic mass is 10.1. The van der Waals surface area contributed by atoms with Crippen LogP contribution in [-0.4, -0.2) is 36.7 Å². The lowest BCUT2D eigenvalue weighted by Crippen LogP contribution is -2.36. The zero-order valence-corrected chi connectivity index (χ0v) is 19.3. The zero-order valence-electron chi connectivity index (χ0n) is 17.0. The Hall–Kier alpha value is -1.61. The van der Waals surface area contributed by atoms with Gasteiger partial charge in [-0.25, -0.2) is 0 Å². The average Bonchev–Trinajstić information content (AvgIpc) is 3.11. The number of benzene rings is 1. The molecule has 27 heavy (non-hydrogen) atoms. The summed E-state index contributed by atoms with van der Waals surface area (Å²) in [5, 5.41) is 10.7. The van der Waals surface area contributed by atoms with Crippen molar-refractivity contribution in [1.82, 2.24) is 20.7 Å². The third kappa shape index (κ3) is 7.88. The van der Waals surface area contributed by atoms with Crippen LogP contribution >= 0.6 is 24.0 Å². The van der Waals surface area contributed by atoms with Gasteiger partial charge in [-0.05, 0) is 30.6 Å². The minimum atomic E-state index is 0. The third-order valence-corrected chi connectivity index (χ3v) is 4.27. The van der Waals surface area contributed by atoms with Crippen LogP contribution in [0, 0.1) is 0 Å². The summed E-state index contributed by atoms with van der Waals surface area (Å²) in [5.41, 5.74) is 3.52. The summed E-state index contributed by atoms with van der Waals surface area (Å²) in [7, 11) is 3.90. The van der Waals surface area contributed by atoms with Crippen molar-refractivity contribution >= 4 is 29.9 Å². The topological polar surface area (TPSA) is 65.7 Å². The van der Waals surface area contributed by atoms with E-state index in [1.807, 2.05) is 6.07 Å². The molecule has 0 bridgehead atoms. The highest BCUT2D eigenvalue weighted by atomic mass is 127. The van der Waals surface area contributed by atoms with Gasteiger partial charge in [-0.15, -0.1) is 24.0 Å². The maximum atomic E-state index is 5.35. The van der Waals surface area contributed by atoms with Crippen LogP contribution in [0.1, 0.15) is 49.3 Å². The van der Waals surface area contributed by atoms with Gasteiger partial charge in [0.05, 0.1) is 12.2 Å². The van der Waals surface area contributed by atoms with Crippen LogP contribution in [0.5, 0.6) is 0 Å². The number of aliphatic imine (C=N–C) groups is 1. The number of hydrogen-bond donors (Lipinski definition) is 2. The fraction of sp³-hybridized carbons (Fsp3) is 0.500. The Bertz CT molecular complexity index is 714. The molecule has 0 saturated carbocycles. The number of nitrogens with zero attached hydrogens (tertiary/aromatic N) is 3. The molecule has 2 aromatic rings. The quantitative estimate of drug-likeness (QED) is 0.339. The predicted molar refractivity (Wildman–Crippen MR) is 121 cm³/mol. The summed E-state index contributed by atoms with van der Waals surface area (Å²) in [4.78, 5) is 6.56. The molecule has 0 aliphatic carbocycles. The first kappa shape index (κ1) is 23.4. The van der Waals surface area contributed by atoms with Crippen LogP contribution in [0.4, 0.5) is 0 Å². The maximum absolute atomic E-state index is 5.35. The highest BCUT2D eigenvalue weighted by molar-refractivity contribution is 14.0. The van der Waals surface area contributed by atoms with E-state index in [0.29, 0.717) is 12.5 Å². The van der Waals surface area contributed by atoms with Gasteiger partial charge in [-0.1, -0.05) is 50.2 Å². The van der Waals surface area contributed by atoms with E-state index < -0.39 is 0 Å². The van der Waals surface area contributed by atoms with Crippen molar-refractivity contribution in [2.75, 3.05) is 20.6 Å². The molecule has 6 nitrogen and oxygen atoms in total. The lowest BCUT2D eigenvalue weighted by Gasteiger charge is -2.15. The van der Waals surface area contributed by atoms with Crippen LogP contribution in [0.25, 0.3) is 0 Å². The van der Waals surface area contributed by atoms with E-state index >= 15 is 0 Å². The Morgan fingerprint density at radius 2 is 1.89 bits per heavy atom. The highest BCUT2D eigenvalue weighted by Crippen LogP contribution is 2.13. The van der Waals surface area contributed by atoms with Gasteiger partial charge in [0.2, 0.25) is 0 Å². The van der Waals surface area contributed by atoms with Crippen LogP contribution in [0.2, 0.25) is 0 Å². The number of hydrogen-bond acceptors (Lipinski definition) is 4. The second-order valence-corrected chi connectivity index (χ2v) is 6.80. The van der Waals surface area contributed by atoms with Crippen molar-refractivity contribution in [2.45, 2.75) is 46.3 Å². The van der Waals surface area contributed by atoms with Gasteiger partial charge in [-0.3, -0.25) is 4.99 Å². The molecule has 0 unspecified atom stereocenters. The van der Waals surface area contributed by atoms with Crippen LogP contribution < -0.4 is 10.6 Å². The molecule has 7 heteroatoms. The Kier molecular flexibility index (Phi) is 10.4. The Labute approximate surface area is 179 Å². The SMILES string of the molecule is CCN(C)Cc1cccc(CNC(=NC)NCc2cc(C(C)C)no2)c1.I. The normalized spacial score (nSPS) is 11.6. The van der Waals surface area contributed by atoms with Crippen LogP contribution in [0.3, 0.4) is 0 Å². The van der Waals surface area contributed by atoms with Gasteiger partial charge < -0.3 is 20.1 Å². The molecular formula is C20H32IN5O. The van der Waals surface area contributed by atoms with Gasteiger partial charge in [0.25, 0.3) is 0 Å². The van der Waals surface area contributed by atoms with Gasteiger partial charge >= 0.3 is 0 Å². The van der Waals surface area contributed by atoms with Crippen molar-refractivity contribution in [1.29, 1.82) is 0 Å². The van der Waals surface area contributed by atoms with Crippen LogP contribution in [0.15, 0.2) is 39.8 Å². The number of aromatic nitrogens is 1. The predicted octanol–water partition coefficient (Wildman–Crippen LogP) is 3.73. The number of nitrogens with one attached hydrogen (secondary N) is 2. The van der Waals surface area contributed by atoms with E-state index in [-0.39, 0.29) is 24.0 Å². The molecule has 0 atom stereocenters. The monoisotopic (exact) mass is 485 g/mol. The summed E-state index contributed by atoms with van der Waals surface area (Å²) in [5.74, 6) is 1.91. The molecule has 150 valence electrons. The molecule has 0 aliphatic heterocycles. The van der Waals surface area contributed by atoms with Gasteiger partial charge in [0.1, 0.15) is 0 Å². The fourth-order valence-electron chi connectivity index (χ4n) is 2.52. The van der Waals surface area contributed by atoms with Crippen molar-refractivity contribution < 1.29 is 4.52 Å². The smallest absolute Gasteiger partial charge is 0.191 e. The fourth-order valence-corrected chi connectivity index (χ4v) is 2.52. The molecule has 1 heterocycles. The molecule has 0 saturated heterocycles. The van der Waals surface area contributed by atoms with Crippen molar-refractivity contribution in [2.24, 2.45) is 4.99 Å². The van der Waals surface area contributed by atoms with E-state index in [0.717, 1.165) is 37.0 Å². The minimum absolute atomic E-state index is 0. The van der Waals surface area contributed by atoms with E-state index in [1.54, 1.807) is 7.05 Å². The van der Waals surface area contributed by atoms with Crippen LogP contribution in [-0.2, 0) is 19.6 Å². The molecule has 0 radical (unpaired) electrons. The average molecular weight is 485 g/mol. The second-order valence-electron chi connectivity index (χ2n) is 6.80. The first-order chi connectivity index (χ1) is 12.5. The first-order valence-electron chi connectivity index (χ1n) is 9.18. The first-order valence-corrected chi connectivity index (χ1v) is 9.18. The molecule has 0 spiro atoms. The summed E-state index contributed by atoms with van der Waals surface area (Å²) < 4.78 is 5.35. The highest BCUT2D eigenvalue weighted by Gasteiger charge is 2.08. The zero-order chi connectivity index (χ0) is 18.9. The van der Waals surface area contributed by atoms with Gasteiger partial charge in [0, 0.05) is 26.2 Å². The number of rotatable bonds is 8. The minimum Gasteiger partial charge on any atom is -0.359 e.